The number of aromatic nitrogens is 2. The van der Waals surface area contributed by atoms with E-state index in [0.29, 0.717) is 40.5 Å². The summed E-state index contributed by atoms with van der Waals surface area (Å²) in [6.07, 6.45) is -0.117. The lowest BCUT2D eigenvalue weighted by atomic mass is 10.2. The summed E-state index contributed by atoms with van der Waals surface area (Å²) in [7, 11) is 0. The molecule has 2 amide bonds. The van der Waals surface area contributed by atoms with Crippen molar-refractivity contribution in [3.8, 4) is 0 Å². The topological polar surface area (TPSA) is 102 Å². The zero-order chi connectivity index (χ0) is 22.4. The Labute approximate surface area is 195 Å². The van der Waals surface area contributed by atoms with E-state index in [-0.39, 0.29) is 18.4 Å². The lowest BCUT2D eigenvalue weighted by Gasteiger charge is -2.35. The van der Waals surface area contributed by atoms with Gasteiger partial charge in [-0.15, -0.1) is 5.10 Å². The number of carbonyl (C=O) groups is 2. The quantitative estimate of drug-likeness (QED) is 0.575. The molecule has 1 aromatic heterocycles. The molecule has 11 heteroatoms. The van der Waals surface area contributed by atoms with Crippen molar-refractivity contribution in [2.24, 2.45) is 5.73 Å². The van der Waals surface area contributed by atoms with Gasteiger partial charge in [-0.3, -0.25) is 18.8 Å². The molecule has 1 atom stereocenters. The molecule has 1 aliphatic heterocycles. The highest BCUT2D eigenvalue weighted by molar-refractivity contribution is 7.97. The van der Waals surface area contributed by atoms with Gasteiger partial charge in [0.1, 0.15) is 5.03 Å². The second-order valence-corrected chi connectivity index (χ2v) is 9.01. The molecule has 1 saturated heterocycles. The minimum Gasteiger partial charge on any atom is -0.374 e. The summed E-state index contributed by atoms with van der Waals surface area (Å²) >= 11 is 13.3. The number of carbonyl (C=O) groups excluding carboxylic acids is 2. The van der Waals surface area contributed by atoms with Gasteiger partial charge in [-0.25, -0.2) is 0 Å². The van der Waals surface area contributed by atoms with Gasteiger partial charge in [0, 0.05) is 38.5 Å². The standard InChI is InChI=1S/C20H23Cl2N5O3S/c1-13(28)27(31-20-5-3-15(24-25-20)9-19(23)29)12-16-11-26(6-7-30-16)10-14-2-4-17(21)18(22)8-14/h2-5,8,16H,6-7,9-12H2,1H3,(H2,23,29)/t16-/m0/s1. The molecule has 8 nitrogen and oxygen atoms in total. The molecule has 31 heavy (non-hydrogen) atoms. The van der Waals surface area contributed by atoms with Gasteiger partial charge in [0.25, 0.3) is 0 Å². The maximum atomic E-state index is 12.2. The minimum atomic E-state index is -0.472. The zero-order valence-corrected chi connectivity index (χ0v) is 19.3. The molecule has 2 heterocycles. The van der Waals surface area contributed by atoms with E-state index in [4.69, 9.17) is 33.7 Å². The van der Waals surface area contributed by atoms with Crippen LogP contribution in [0.2, 0.25) is 10.0 Å². The molecule has 0 saturated carbocycles. The predicted octanol–water partition coefficient (Wildman–Crippen LogP) is 2.57. The average Bonchev–Trinajstić information content (AvgIpc) is 2.71. The molecule has 2 N–H and O–H groups in total. The summed E-state index contributed by atoms with van der Waals surface area (Å²) in [5.41, 5.74) is 6.72. The Kier molecular flexibility index (Phi) is 8.50. The molecule has 166 valence electrons. The molecule has 2 aromatic rings. The smallest absolute Gasteiger partial charge is 0.229 e. The molecule has 0 aliphatic carbocycles. The van der Waals surface area contributed by atoms with Crippen LogP contribution in [-0.4, -0.2) is 63.6 Å². The van der Waals surface area contributed by atoms with E-state index in [1.165, 1.54) is 18.9 Å². The van der Waals surface area contributed by atoms with Gasteiger partial charge in [-0.05, 0) is 29.8 Å². The van der Waals surface area contributed by atoms with E-state index >= 15 is 0 Å². The highest BCUT2D eigenvalue weighted by Gasteiger charge is 2.25. The summed E-state index contributed by atoms with van der Waals surface area (Å²) in [6, 6.07) is 9.00. The summed E-state index contributed by atoms with van der Waals surface area (Å²) in [4.78, 5) is 25.4. The van der Waals surface area contributed by atoms with Crippen molar-refractivity contribution < 1.29 is 14.3 Å². The molecule has 1 aliphatic rings. The van der Waals surface area contributed by atoms with Crippen LogP contribution in [0.25, 0.3) is 0 Å². The lowest BCUT2D eigenvalue weighted by Crippen LogP contribution is -2.46. The number of morpholine rings is 1. The van der Waals surface area contributed by atoms with Gasteiger partial charge in [0.15, 0.2) is 0 Å². The number of nitrogens with zero attached hydrogens (tertiary/aromatic N) is 4. The van der Waals surface area contributed by atoms with Crippen LogP contribution < -0.4 is 5.73 Å². The fourth-order valence-corrected chi connectivity index (χ4v) is 4.25. The van der Waals surface area contributed by atoms with Gasteiger partial charge in [0.2, 0.25) is 11.8 Å². The highest BCUT2D eigenvalue weighted by atomic mass is 35.5. The van der Waals surface area contributed by atoms with E-state index < -0.39 is 5.91 Å². The Balaban J connectivity index is 1.58. The van der Waals surface area contributed by atoms with Gasteiger partial charge >= 0.3 is 0 Å². The second-order valence-electron chi connectivity index (χ2n) is 7.15. The average molecular weight is 484 g/mol. The van der Waals surface area contributed by atoms with E-state index in [1.54, 1.807) is 22.5 Å². The van der Waals surface area contributed by atoms with E-state index in [2.05, 4.69) is 15.1 Å². The molecular weight excluding hydrogens is 461 g/mol. The Morgan fingerprint density at radius 3 is 2.71 bits per heavy atom. The van der Waals surface area contributed by atoms with Crippen molar-refractivity contribution in [2.75, 3.05) is 26.2 Å². The van der Waals surface area contributed by atoms with Gasteiger partial charge in [-0.1, -0.05) is 29.3 Å². The summed E-state index contributed by atoms with van der Waals surface area (Å²) in [6.45, 7) is 4.66. The fourth-order valence-electron chi connectivity index (χ4n) is 3.13. The van der Waals surface area contributed by atoms with Crippen molar-refractivity contribution in [1.29, 1.82) is 0 Å². The number of nitrogens with two attached hydrogens (primary N) is 1. The fraction of sp³-hybridized carbons (Fsp3) is 0.400. The number of amides is 2. The number of halogens is 2. The first-order chi connectivity index (χ1) is 14.8. The first-order valence-corrected chi connectivity index (χ1v) is 11.2. The molecule has 0 bridgehead atoms. The summed E-state index contributed by atoms with van der Waals surface area (Å²) in [5.74, 6) is -0.585. The molecular formula is C20H23Cl2N5O3S. The maximum absolute atomic E-state index is 12.2. The monoisotopic (exact) mass is 483 g/mol. The molecule has 0 radical (unpaired) electrons. The highest BCUT2D eigenvalue weighted by Crippen LogP contribution is 2.25. The summed E-state index contributed by atoms with van der Waals surface area (Å²) < 4.78 is 7.49. The number of rotatable bonds is 8. The van der Waals surface area contributed by atoms with Crippen LogP contribution in [0.15, 0.2) is 35.4 Å². The van der Waals surface area contributed by atoms with Crippen LogP contribution in [-0.2, 0) is 27.3 Å². The molecule has 0 unspecified atom stereocenters. The first-order valence-electron chi connectivity index (χ1n) is 9.65. The van der Waals surface area contributed by atoms with Crippen LogP contribution in [0.3, 0.4) is 0 Å². The van der Waals surface area contributed by atoms with Crippen molar-refractivity contribution >= 4 is 47.0 Å². The zero-order valence-electron chi connectivity index (χ0n) is 17.0. The molecule has 1 fully saturated rings. The van der Waals surface area contributed by atoms with Crippen LogP contribution in [0.1, 0.15) is 18.2 Å². The lowest BCUT2D eigenvalue weighted by molar-refractivity contribution is -0.126. The van der Waals surface area contributed by atoms with Crippen molar-refractivity contribution in [3.05, 3.63) is 51.6 Å². The van der Waals surface area contributed by atoms with Crippen LogP contribution >= 0.6 is 35.1 Å². The van der Waals surface area contributed by atoms with E-state index in [9.17, 15) is 9.59 Å². The maximum Gasteiger partial charge on any atom is 0.229 e. The normalized spacial score (nSPS) is 16.8. The van der Waals surface area contributed by atoms with Crippen LogP contribution in [0.4, 0.5) is 0 Å². The van der Waals surface area contributed by atoms with E-state index in [0.717, 1.165) is 18.7 Å². The third-order valence-corrected chi connectivity index (χ3v) is 6.36. The third kappa shape index (κ3) is 7.33. The summed E-state index contributed by atoms with van der Waals surface area (Å²) in [5, 5.41) is 9.66. The van der Waals surface area contributed by atoms with Crippen molar-refractivity contribution in [1.82, 2.24) is 19.4 Å². The van der Waals surface area contributed by atoms with Gasteiger partial charge in [0.05, 0.1) is 41.4 Å². The number of primary amides is 1. The number of benzene rings is 1. The largest absolute Gasteiger partial charge is 0.374 e. The SMILES string of the molecule is CC(=O)N(C[C@@H]1CN(Cc2ccc(Cl)c(Cl)c2)CCO1)Sc1ccc(CC(N)=O)nn1. The number of hydrogen-bond donors (Lipinski definition) is 1. The van der Waals surface area contributed by atoms with Crippen LogP contribution in [0.5, 0.6) is 0 Å². The number of hydrogen-bond acceptors (Lipinski definition) is 7. The van der Waals surface area contributed by atoms with Crippen LogP contribution in [0, 0.1) is 0 Å². The Morgan fingerprint density at radius 2 is 2.06 bits per heavy atom. The minimum absolute atomic E-state index is 0.0267. The Morgan fingerprint density at radius 1 is 1.26 bits per heavy atom. The third-order valence-electron chi connectivity index (χ3n) is 4.59. The Hall–Kier alpha value is -1.91. The molecule has 3 rings (SSSR count). The van der Waals surface area contributed by atoms with Gasteiger partial charge in [-0.2, -0.15) is 5.10 Å². The van der Waals surface area contributed by atoms with E-state index in [1.807, 2.05) is 12.1 Å². The van der Waals surface area contributed by atoms with Gasteiger partial charge < -0.3 is 10.5 Å². The first kappa shape index (κ1) is 23.7. The number of ether oxygens (including phenoxy) is 1. The van der Waals surface area contributed by atoms with Crippen molar-refractivity contribution in [3.63, 3.8) is 0 Å². The Bertz CT molecular complexity index is 932. The van der Waals surface area contributed by atoms with Crippen molar-refractivity contribution in [2.45, 2.75) is 31.0 Å². The molecule has 1 aromatic carbocycles. The predicted molar refractivity (Wildman–Crippen MR) is 120 cm³/mol. The second kappa shape index (κ2) is 11.1. The molecule has 0 spiro atoms.